The predicted molar refractivity (Wildman–Crippen MR) is 150 cm³/mol. The Kier molecular flexibility index (Phi) is 10.7. The number of rotatable bonds is 13. The van der Waals surface area contributed by atoms with Crippen LogP contribution in [-0.4, -0.2) is 34.2 Å². The Bertz CT molecular complexity index is 1090. The number of aryl methyl sites for hydroxylation is 2. The fourth-order valence-corrected chi connectivity index (χ4v) is 5.17. The summed E-state index contributed by atoms with van der Waals surface area (Å²) in [4.78, 5) is 32.9. The molecule has 3 aromatic rings. The molecule has 0 saturated heterocycles. The Morgan fingerprint density at radius 3 is 2.17 bits per heavy atom. The van der Waals surface area contributed by atoms with Crippen LogP contribution in [0.2, 0.25) is 0 Å². The molecule has 1 heterocycles. The number of carbonyl (C=O) groups excluding carboxylic acids is 2. The zero-order chi connectivity index (χ0) is 25.9. The summed E-state index contributed by atoms with van der Waals surface area (Å²) in [6, 6.07) is 22.1. The maximum absolute atomic E-state index is 13.6. The summed E-state index contributed by atoms with van der Waals surface area (Å²) < 4.78 is 0. The van der Waals surface area contributed by atoms with Gasteiger partial charge in [0.15, 0.2) is 0 Å². The molecule has 192 valence electrons. The summed E-state index contributed by atoms with van der Waals surface area (Å²) >= 11 is 1.71. The maximum atomic E-state index is 13.6. The minimum Gasteiger partial charge on any atom is -0.332 e. The van der Waals surface area contributed by atoms with Crippen molar-refractivity contribution in [3.63, 3.8) is 0 Å². The summed E-state index contributed by atoms with van der Waals surface area (Å²) in [5.74, 6) is -0.137. The number of amides is 2. The van der Waals surface area contributed by atoms with Crippen molar-refractivity contribution >= 4 is 23.2 Å². The largest absolute Gasteiger partial charge is 0.332 e. The topological polar surface area (TPSA) is 40.6 Å². The van der Waals surface area contributed by atoms with E-state index in [4.69, 9.17) is 0 Å². The van der Waals surface area contributed by atoms with E-state index in [1.807, 2.05) is 61.2 Å². The first-order valence-corrected chi connectivity index (χ1v) is 14.0. The van der Waals surface area contributed by atoms with Gasteiger partial charge in [0.1, 0.15) is 6.54 Å². The number of thiophene rings is 1. The van der Waals surface area contributed by atoms with E-state index < -0.39 is 0 Å². The Labute approximate surface area is 221 Å². The van der Waals surface area contributed by atoms with Gasteiger partial charge in [-0.25, -0.2) is 0 Å². The highest BCUT2D eigenvalue weighted by Crippen LogP contribution is 2.20. The van der Waals surface area contributed by atoms with Crippen molar-refractivity contribution in [3.8, 4) is 0 Å². The molecular formula is C31H40N2O2S. The second-order valence-electron chi connectivity index (χ2n) is 9.78. The third-order valence-electron chi connectivity index (χ3n) is 6.42. The number of nitrogens with zero attached hydrogens (tertiary/aromatic N) is 2. The van der Waals surface area contributed by atoms with Crippen LogP contribution in [-0.2, 0) is 24.3 Å². The lowest BCUT2D eigenvalue weighted by molar-refractivity contribution is -0.133. The highest BCUT2D eigenvalue weighted by molar-refractivity contribution is 7.11. The van der Waals surface area contributed by atoms with Crippen LogP contribution in [0.5, 0.6) is 0 Å². The first kappa shape index (κ1) is 27.7. The van der Waals surface area contributed by atoms with Crippen LogP contribution in [0, 0.1) is 6.92 Å². The number of unbranched alkanes of at least 4 members (excludes halogenated alkanes) is 3. The molecule has 0 aliphatic heterocycles. The molecule has 0 radical (unpaired) electrons. The van der Waals surface area contributed by atoms with Gasteiger partial charge in [-0.1, -0.05) is 68.7 Å². The van der Waals surface area contributed by atoms with Crippen molar-refractivity contribution in [1.82, 2.24) is 9.80 Å². The number of benzene rings is 2. The smallest absolute Gasteiger partial charge is 0.254 e. The fraction of sp³-hybridized carbons (Fsp3) is 0.419. The molecule has 0 fully saturated rings. The van der Waals surface area contributed by atoms with Gasteiger partial charge < -0.3 is 9.80 Å². The van der Waals surface area contributed by atoms with Crippen LogP contribution in [0.3, 0.4) is 0 Å². The Morgan fingerprint density at radius 1 is 0.833 bits per heavy atom. The highest BCUT2D eigenvalue weighted by Gasteiger charge is 2.25. The van der Waals surface area contributed by atoms with Crippen molar-refractivity contribution < 1.29 is 9.59 Å². The molecular weight excluding hydrogens is 464 g/mol. The molecule has 1 aromatic heterocycles. The van der Waals surface area contributed by atoms with E-state index in [-0.39, 0.29) is 24.4 Å². The molecule has 0 aliphatic carbocycles. The fourth-order valence-electron chi connectivity index (χ4n) is 4.26. The van der Waals surface area contributed by atoms with Crippen molar-refractivity contribution in [2.45, 2.75) is 78.9 Å². The summed E-state index contributed by atoms with van der Waals surface area (Å²) in [5, 5.41) is 0. The lowest BCUT2D eigenvalue weighted by Crippen LogP contribution is -2.45. The van der Waals surface area contributed by atoms with Crippen LogP contribution in [0.4, 0.5) is 0 Å². The molecule has 0 bridgehead atoms. The molecule has 0 aliphatic rings. The zero-order valence-electron chi connectivity index (χ0n) is 22.2. The van der Waals surface area contributed by atoms with Gasteiger partial charge >= 0.3 is 0 Å². The number of carbonyl (C=O) groups is 2. The van der Waals surface area contributed by atoms with E-state index in [0.29, 0.717) is 18.7 Å². The summed E-state index contributed by atoms with van der Waals surface area (Å²) in [5.41, 5.74) is 2.98. The average Bonchev–Trinajstić information content (AvgIpc) is 3.29. The van der Waals surface area contributed by atoms with E-state index in [0.717, 1.165) is 16.9 Å². The van der Waals surface area contributed by atoms with Crippen LogP contribution >= 0.6 is 11.3 Å². The standard InChI is InChI=1S/C31H40N2O2S/c1-5-6-7-9-12-26-16-18-28(19-17-26)31(35)33(24(2)3)23-30(34)32(21-27-13-10-8-11-14-27)22-29-20-15-25(4)36-29/h8,10-11,13-20,24H,5-7,9,12,21-23H2,1-4H3. The van der Waals surface area contributed by atoms with Gasteiger partial charge in [0.25, 0.3) is 5.91 Å². The predicted octanol–water partition coefficient (Wildman–Crippen LogP) is 7.26. The Balaban J connectivity index is 1.71. The van der Waals surface area contributed by atoms with Gasteiger partial charge in [-0.2, -0.15) is 0 Å². The molecule has 0 atom stereocenters. The van der Waals surface area contributed by atoms with Crippen LogP contribution < -0.4 is 0 Å². The summed E-state index contributed by atoms with van der Waals surface area (Å²) in [6.07, 6.45) is 5.95. The minimum absolute atomic E-state index is 0.0421. The van der Waals surface area contributed by atoms with Crippen LogP contribution in [0.25, 0.3) is 0 Å². The van der Waals surface area contributed by atoms with Gasteiger partial charge in [-0.15, -0.1) is 11.3 Å². The summed E-state index contributed by atoms with van der Waals surface area (Å²) in [7, 11) is 0. The number of hydrogen-bond donors (Lipinski definition) is 0. The van der Waals surface area contributed by atoms with E-state index in [9.17, 15) is 9.59 Å². The molecule has 3 rings (SSSR count). The first-order valence-electron chi connectivity index (χ1n) is 13.1. The lowest BCUT2D eigenvalue weighted by Gasteiger charge is -2.30. The van der Waals surface area contributed by atoms with Gasteiger partial charge in [-0.3, -0.25) is 9.59 Å². The van der Waals surface area contributed by atoms with Gasteiger partial charge in [-0.05, 0) is 69.0 Å². The molecule has 36 heavy (non-hydrogen) atoms. The molecule has 5 heteroatoms. The van der Waals surface area contributed by atoms with Crippen LogP contribution in [0.1, 0.15) is 77.7 Å². The highest BCUT2D eigenvalue weighted by atomic mass is 32.1. The monoisotopic (exact) mass is 504 g/mol. The SMILES string of the molecule is CCCCCCc1ccc(C(=O)N(CC(=O)N(Cc2ccccc2)Cc2ccc(C)s2)C(C)C)cc1. The Hall–Kier alpha value is -2.92. The first-order chi connectivity index (χ1) is 17.4. The molecule has 0 saturated carbocycles. The molecule has 2 aromatic carbocycles. The van der Waals surface area contributed by atoms with Gasteiger partial charge in [0, 0.05) is 27.9 Å². The number of hydrogen-bond acceptors (Lipinski definition) is 3. The second kappa shape index (κ2) is 14.0. The van der Waals surface area contributed by atoms with Crippen molar-refractivity contribution in [3.05, 3.63) is 93.2 Å². The molecule has 4 nitrogen and oxygen atoms in total. The maximum Gasteiger partial charge on any atom is 0.254 e. The molecule has 0 spiro atoms. The van der Waals surface area contributed by atoms with E-state index in [1.54, 1.807) is 16.2 Å². The molecule has 0 N–H and O–H groups in total. The normalized spacial score (nSPS) is 11.0. The van der Waals surface area contributed by atoms with Crippen molar-refractivity contribution in [2.24, 2.45) is 0 Å². The van der Waals surface area contributed by atoms with Gasteiger partial charge in [0.2, 0.25) is 5.91 Å². The van der Waals surface area contributed by atoms with E-state index in [1.165, 1.54) is 36.1 Å². The van der Waals surface area contributed by atoms with E-state index in [2.05, 4.69) is 38.1 Å². The third kappa shape index (κ3) is 8.34. The van der Waals surface area contributed by atoms with Crippen molar-refractivity contribution in [2.75, 3.05) is 6.54 Å². The van der Waals surface area contributed by atoms with Crippen LogP contribution in [0.15, 0.2) is 66.7 Å². The lowest BCUT2D eigenvalue weighted by atomic mass is 10.0. The minimum atomic E-state index is -0.0949. The zero-order valence-corrected chi connectivity index (χ0v) is 23.0. The average molecular weight is 505 g/mol. The quantitative estimate of drug-likeness (QED) is 0.230. The molecule has 2 amide bonds. The second-order valence-corrected chi connectivity index (χ2v) is 11.2. The summed E-state index contributed by atoms with van der Waals surface area (Å²) in [6.45, 7) is 9.35. The van der Waals surface area contributed by atoms with Crippen molar-refractivity contribution in [1.29, 1.82) is 0 Å². The Morgan fingerprint density at radius 2 is 1.56 bits per heavy atom. The molecule has 0 unspecified atom stereocenters. The van der Waals surface area contributed by atoms with Gasteiger partial charge in [0.05, 0.1) is 6.54 Å². The third-order valence-corrected chi connectivity index (χ3v) is 7.41. The van der Waals surface area contributed by atoms with E-state index >= 15 is 0 Å².